The van der Waals surface area contributed by atoms with E-state index < -0.39 is 0 Å². The molecule has 0 spiro atoms. The van der Waals surface area contributed by atoms with Crippen molar-refractivity contribution in [2.24, 2.45) is 0 Å². The van der Waals surface area contributed by atoms with Crippen molar-refractivity contribution < 1.29 is 9.53 Å². The molecule has 0 aliphatic carbocycles. The SMILES string of the molecule is Cc1cccc2c1OCC(Br)C2=O. The highest BCUT2D eigenvalue weighted by molar-refractivity contribution is 9.10. The molecular weight excluding hydrogens is 232 g/mol. The molecule has 1 atom stereocenters. The topological polar surface area (TPSA) is 26.3 Å². The Morgan fingerprint density at radius 2 is 2.31 bits per heavy atom. The second-order valence-corrected chi connectivity index (χ2v) is 4.20. The molecule has 1 aliphatic rings. The van der Waals surface area contributed by atoms with E-state index in [-0.39, 0.29) is 10.6 Å². The van der Waals surface area contributed by atoms with Gasteiger partial charge in [-0.2, -0.15) is 0 Å². The van der Waals surface area contributed by atoms with Crippen LogP contribution in [0.2, 0.25) is 0 Å². The molecule has 1 unspecified atom stereocenters. The summed E-state index contributed by atoms with van der Waals surface area (Å²) in [5, 5.41) is 0. The molecule has 2 rings (SSSR count). The summed E-state index contributed by atoms with van der Waals surface area (Å²) in [6.07, 6.45) is 0. The minimum atomic E-state index is -0.193. The molecule has 2 nitrogen and oxygen atoms in total. The lowest BCUT2D eigenvalue weighted by Crippen LogP contribution is -2.28. The van der Waals surface area contributed by atoms with Crippen molar-refractivity contribution in [3.63, 3.8) is 0 Å². The molecule has 0 fully saturated rings. The second-order valence-electron chi connectivity index (χ2n) is 3.09. The van der Waals surface area contributed by atoms with Crippen LogP contribution in [0.5, 0.6) is 5.75 Å². The second kappa shape index (κ2) is 3.14. The third-order valence-corrected chi connectivity index (χ3v) is 2.82. The van der Waals surface area contributed by atoms with Crippen LogP contribution in [0.3, 0.4) is 0 Å². The Bertz CT molecular complexity index is 360. The number of carbonyl (C=O) groups excluding carboxylic acids is 1. The van der Waals surface area contributed by atoms with Crippen LogP contribution < -0.4 is 4.74 Å². The molecular formula is C10H9BrO2. The van der Waals surface area contributed by atoms with Gasteiger partial charge in [-0.05, 0) is 18.6 Å². The number of alkyl halides is 1. The van der Waals surface area contributed by atoms with Crippen LogP contribution in [-0.4, -0.2) is 17.2 Å². The van der Waals surface area contributed by atoms with Crippen molar-refractivity contribution in [1.82, 2.24) is 0 Å². The van der Waals surface area contributed by atoms with Crippen molar-refractivity contribution in [2.45, 2.75) is 11.8 Å². The van der Waals surface area contributed by atoms with Gasteiger partial charge in [-0.15, -0.1) is 0 Å². The number of hydrogen-bond donors (Lipinski definition) is 0. The largest absolute Gasteiger partial charge is 0.491 e. The van der Waals surface area contributed by atoms with Crippen LogP contribution in [0.1, 0.15) is 15.9 Å². The molecule has 0 bridgehead atoms. The summed E-state index contributed by atoms with van der Waals surface area (Å²) in [6, 6.07) is 5.62. The van der Waals surface area contributed by atoms with E-state index in [0.29, 0.717) is 12.2 Å². The van der Waals surface area contributed by atoms with E-state index in [1.54, 1.807) is 6.07 Å². The van der Waals surface area contributed by atoms with E-state index in [9.17, 15) is 4.79 Å². The number of benzene rings is 1. The van der Waals surface area contributed by atoms with Gasteiger partial charge in [0, 0.05) is 0 Å². The molecule has 1 aromatic rings. The zero-order valence-corrected chi connectivity index (χ0v) is 8.80. The number of hydrogen-bond acceptors (Lipinski definition) is 2. The molecule has 1 aliphatic heterocycles. The molecule has 0 saturated carbocycles. The van der Waals surface area contributed by atoms with Crippen LogP contribution in [0.25, 0.3) is 0 Å². The monoisotopic (exact) mass is 240 g/mol. The van der Waals surface area contributed by atoms with Crippen LogP contribution in [-0.2, 0) is 0 Å². The van der Waals surface area contributed by atoms with Crippen molar-refractivity contribution in [3.8, 4) is 5.75 Å². The summed E-state index contributed by atoms with van der Waals surface area (Å²) < 4.78 is 5.47. The zero-order valence-electron chi connectivity index (χ0n) is 7.21. The molecule has 0 radical (unpaired) electrons. The minimum absolute atomic E-state index is 0.116. The normalized spacial score (nSPS) is 20.8. The van der Waals surface area contributed by atoms with Gasteiger partial charge in [0.15, 0.2) is 5.78 Å². The van der Waals surface area contributed by atoms with E-state index in [4.69, 9.17) is 4.74 Å². The first-order chi connectivity index (χ1) is 6.20. The molecule has 1 heterocycles. The molecule has 13 heavy (non-hydrogen) atoms. The fraction of sp³-hybridized carbons (Fsp3) is 0.300. The predicted octanol–water partition coefficient (Wildman–Crippen LogP) is 2.33. The number of aryl methyl sites for hydroxylation is 1. The number of Topliss-reactive ketones (excluding diaryl/α,β-unsaturated/α-hetero) is 1. The maximum atomic E-state index is 11.6. The maximum Gasteiger partial charge on any atom is 0.183 e. The quantitative estimate of drug-likeness (QED) is 0.651. The molecule has 3 heteroatoms. The van der Waals surface area contributed by atoms with Gasteiger partial charge in [0.05, 0.1) is 5.56 Å². The first-order valence-electron chi connectivity index (χ1n) is 4.11. The molecule has 68 valence electrons. The Morgan fingerprint density at radius 3 is 3.08 bits per heavy atom. The van der Waals surface area contributed by atoms with Crippen LogP contribution in [0, 0.1) is 6.92 Å². The molecule has 1 aromatic carbocycles. The summed E-state index contributed by atoms with van der Waals surface area (Å²) in [4.78, 5) is 11.4. The van der Waals surface area contributed by atoms with E-state index in [2.05, 4.69) is 15.9 Å². The van der Waals surface area contributed by atoms with Gasteiger partial charge in [-0.1, -0.05) is 28.1 Å². The number of ketones is 1. The third kappa shape index (κ3) is 1.37. The Hall–Kier alpha value is -0.830. The zero-order chi connectivity index (χ0) is 9.42. The molecule has 0 amide bonds. The lowest BCUT2D eigenvalue weighted by atomic mass is 10.0. The maximum absolute atomic E-state index is 11.6. The summed E-state index contributed by atoms with van der Waals surface area (Å²) in [5.74, 6) is 0.855. The molecule has 0 aromatic heterocycles. The van der Waals surface area contributed by atoms with Gasteiger partial charge >= 0.3 is 0 Å². The number of halogens is 1. The van der Waals surface area contributed by atoms with Gasteiger partial charge in [-0.25, -0.2) is 0 Å². The summed E-state index contributed by atoms with van der Waals surface area (Å²) in [5.41, 5.74) is 1.71. The summed E-state index contributed by atoms with van der Waals surface area (Å²) in [7, 11) is 0. The fourth-order valence-corrected chi connectivity index (χ4v) is 1.82. The first-order valence-corrected chi connectivity index (χ1v) is 5.02. The highest BCUT2D eigenvalue weighted by Gasteiger charge is 2.27. The van der Waals surface area contributed by atoms with E-state index in [1.165, 1.54) is 0 Å². The first kappa shape index (κ1) is 8.75. The molecule has 0 N–H and O–H groups in total. The van der Waals surface area contributed by atoms with Gasteiger partial charge < -0.3 is 4.74 Å². The van der Waals surface area contributed by atoms with Crippen LogP contribution in [0.4, 0.5) is 0 Å². The predicted molar refractivity (Wildman–Crippen MR) is 53.7 cm³/mol. The van der Waals surface area contributed by atoms with Crippen molar-refractivity contribution in [2.75, 3.05) is 6.61 Å². The van der Waals surface area contributed by atoms with Gasteiger partial charge in [0.2, 0.25) is 0 Å². The van der Waals surface area contributed by atoms with Crippen molar-refractivity contribution in [3.05, 3.63) is 29.3 Å². The summed E-state index contributed by atoms with van der Waals surface area (Å²) in [6.45, 7) is 2.37. The van der Waals surface area contributed by atoms with Crippen molar-refractivity contribution in [1.29, 1.82) is 0 Å². The highest BCUT2D eigenvalue weighted by Crippen LogP contribution is 2.30. The minimum Gasteiger partial charge on any atom is -0.491 e. The van der Waals surface area contributed by atoms with E-state index in [1.807, 2.05) is 19.1 Å². The number of fused-ring (bicyclic) bond motifs is 1. The Morgan fingerprint density at radius 1 is 1.54 bits per heavy atom. The smallest absolute Gasteiger partial charge is 0.183 e. The Labute approximate surface area is 85.0 Å². The van der Waals surface area contributed by atoms with E-state index in [0.717, 1.165) is 11.3 Å². The van der Waals surface area contributed by atoms with Crippen LogP contribution >= 0.6 is 15.9 Å². The lowest BCUT2D eigenvalue weighted by Gasteiger charge is -2.21. The fourth-order valence-electron chi connectivity index (χ4n) is 1.44. The number of ether oxygens (including phenoxy) is 1. The van der Waals surface area contributed by atoms with E-state index >= 15 is 0 Å². The number of rotatable bonds is 0. The van der Waals surface area contributed by atoms with Gasteiger partial charge in [-0.3, -0.25) is 4.79 Å². The standard InChI is InChI=1S/C10H9BrO2/c1-6-3-2-4-7-9(12)8(11)5-13-10(6)7/h2-4,8H,5H2,1H3. The van der Waals surface area contributed by atoms with Gasteiger partial charge in [0.1, 0.15) is 17.2 Å². The summed E-state index contributed by atoms with van der Waals surface area (Å²) >= 11 is 3.27. The Balaban J connectivity index is 2.55. The van der Waals surface area contributed by atoms with Gasteiger partial charge in [0.25, 0.3) is 0 Å². The molecule has 0 saturated heterocycles. The highest BCUT2D eigenvalue weighted by atomic mass is 79.9. The average Bonchev–Trinajstić information content (AvgIpc) is 2.12. The lowest BCUT2D eigenvalue weighted by molar-refractivity contribution is 0.0945. The van der Waals surface area contributed by atoms with Crippen LogP contribution in [0.15, 0.2) is 18.2 Å². The van der Waals surface area contributed by atoms with Crippen molar-refractivity contribution >= 4 is 21.7 Å². The number of carbonyl (C=O) groups is 1. The average molecular weight is 241 g/mol. The third-order valence-electron chi connectivity index (χ3n) is 2.14. The Kier molecular flexibility index (Phi) is 2.12. The number of para-hydroxylation sites is 1.